The standard InChI is InChI=1S/C13H18N2O2S2/c1-13(2)7-10(13)8-15-19(16,17)11-5-3-4-9(6-11)12(14)18/h3-6,10,15H,7-8H2,1-2H3,(H2,14,18). The summed E-state index contributed by atoms with van der Waals surface area (Å²) in [7, 11) is -3.49. The van der Waals surface area contributed by atoms with Gasteiger partial charge in [-0.15, -0.1) is 0 Å². The first-order chi connectivity index (χ1) is 8.72. The molecule has 0 saturated heterocycles. The van der Waals surface area contributed by atoms with Crippen LogP contribution in [0.1, 0.15) is 25.8 Å². The minimum atomic E-state index is -3.49. The van der Waals surface area contributed by atoms with Crippen LogP contribution in [-0.4, -0.2) is 20.0 Å². The van der Waals surface area contributed by atoms with Gasteiger partial charge in [0, 0.05) is 12.1 Å². The third-order valence-corrected chi connectivity index (χ3v) is 5.32. The summed E-state index contributed by atoms with van der Waals surface area (Å²) in [6, 6.07) is 6.39. The Morgan fingerprint density at radius 3 is 2.68 bits per heavy atom. The lowest BCUT2D eigenvalue weighted by Gasteiger charge is -2.09. The lowest BCUT2D eigenvalue weighted by Crippen LogP contribution is -2.27. The highest BCUT2D eigenvalue weighted by Crippen LogP contribution is 2.51. The molecule has 2 rings (SSSR count). The van der Waals surface area contributed by atoms with Crippen molar-refractivity contribution in [3.63, 3.8) is 0 Å². The maximum atomic E-state index is 12.2. The molecule has 1 aromatic carbocycles. The van der Waals surface area contributed by atoms with E-state index in [2.05, 4.69) is 18.6 Å². The fourth-order valence-corrected chi connectivity index (χ4v) is 3.29. The molecule has 1 unspecified atom stereocenters. The number of thiocarbonyl (C=S) groups is 1. The van der Waals surface area contributed by atoms with Crippen LogP contribution in [0.2, 0.25) is 0 Å². The van der Waals surface area contributed by atoms with Gasteiger partial charge in [0.1, 0.15) is 4.99 Å². The molecule has 0 heterocycles. The number of hydrogen-bond acceptors (Lipinski definition) is 3. The van der Waals surface area contributed by atoms with Crippen LogP contribution in [0.4, 0.5) is 0 Å². The molecule has 0 aromatic heterocycles. The predicted octanol–water partition coefficient (Wildman–Crippen LogP) is 1.65. The third-order valence-electron chi connectivity index (χ3n) is 3.67. The number of hydrogen-bond donors (Lipinski definition) is 2. The van der Waals surface area contributed by atoms with Crippen LogP contribution in [0.3, 0.4) is 0 Å². The van der Waals surface area contributed by atoms with Gasteiger partial charge in [0.15, 0.2) is 0 Å². The van der Waals surface area contributed by atoms with Crippen molar-refractivity contribution in [2.24, 2.45) is 17.1 Å². The summed E-state index contributed by atoms with van der Waals surface area (Å²) in [5, 5.41) is 0. The number of rotatable bonds is 5. The van der Waals surface area contributed by atoms with Crippen molar-refractivity contribution < 1.29 is 8.42 Å². The summed E-state index contributed by atoms with van der Waals surface area (Å²) in [5.41, 5.74) is 6.32. The highest BCUT2D eigenvalue weighted by atomic mass is 32.2. The maximum absolute atomic E-state index is 12.2. The fourth-order valence-electron chi connectivity index (χ4n) is 2.03. The van der Waals surface area contributed by atoms with Crippen LogP contribution >= 0.6 is 12.2 Å². The zero-order valence-electron chi connectivity index (χ0n) is 11.0. The average molecular weight is 298 g/mol. The molecule has 1 aromatic rings. The Kier molecular flexibility index (Phi) is 3.68. The number of sulfonamides is 1. The summed E-state index contributed by atoms with van der Waals surface area (Å²) >= 11 is 4.85. The second-order valence-electron chi connectivity index (χ2n) is 5.63. The first-order valence-corrected chi connectivity index (χ1v) is 8.01. The summed E-state index contributed by atoms with van der Waals surface area (Å²) in [4.78, 5) is 0.400. The topological polar surface area (TPSA) is 72.2 Å². The first-order valence-electron chi connectivity index (χ1n) is 6.12. The van der Waals surface area contributed by atoms with Crippen LogP contribution in [0.5, 0.6) is 0 Å². The predicted molar refractivity (Wildman–Crippen MR) is 79.4 cm³/mol. The molecule has 1 atom stereocenters. The monoisotopic (exact) mass is 298 g/mol. The number of nitrogens with one attached hydrogen (secondary N) is 1. The van der Waals surface area contributed by atoms with Gasteiger partial charge in [-0.1, -0.05) is 38.2 Å². The van der Waals surface area contributed by atoms with E-state index in [-0.39, 0.29) is 15.3 Å². The van der Waals surface area contributed by atoms with Gasteiger partial charge in [-0.2, -0.15) is 0 Å². The van der Waals surface area contributed by atoms with Crippen molar-refractivity contribution in [3.05, 3.63) is 29.8 Å². The molecule has 19 heavy (non-hydrogen) atoms. The van der Waals surface area contributed by atoms with Crippen LogP contribution in [-0.2, 0) is 10.0 Å². The maximum Gasteiger partial charge on any atom is 0.240 e. The van der Waals surface area contributed by atoms with Gasteiger partial charge in [-0.25, -0.2) is 13.1 Å². The highest BCUT2D eigenvalue weighted by Gasteiger charge is 2.45. The zero-order valence-corrected chi connectivity index (χ0v) is 12.6. The molecule has 104 valence electrons. The van der Waals surface area contributed by atoms with E-state index in [1.54, 1.807) is 18.2 Å². The molecule has 6 heteroatoms. The molecule has 0 radical (unpaired) electrons. The van der Waals surface area contributed by atoms with Gasteiger partial charge in [0.05, 0.1) is 4.90 Å². The average Bonchev–Trinajstić information content (AvgIpc) is 2.95. The summed E-state index contributed by atoms with van der Waals surface area (Å²) in [6.45, 7) is 4.76. The Labute approximate surface area is 119 Å². The first kappa shape index (κ1) is 14.4. The van der Waals surface area contributed by atoms with E-state index < -0.39 is 10.0 Å². The molecule has 1 fully saturated rings. The number of benzene rings is 1. The van der Waals surface area contributed by atoms with E-state index in [0.29, 0.717) is 18.0 Å². The van der Waals surface area contributed by atoms with E-state index in [0.717, 1.165) is 6.42 Å². The highest BCUT2D eigenvalue weighted by molar-refractivity contribution is 7.89. The van der Waals surface area contributed by atoms with Crippen LogP contribution in [0.15, 0.2) is 29.2 Å². The lowest BCUT2D eigenvalue weighted by molar-refractivity contribution is 0.537. The third kappa shape index (κ3) is 3.32. The second-order valence-corrected chi connectivity index (χ2v) is 7.84. The van der Waals surface area contributed by atoms with Gasteiger partial charge >= 0.3 is 0 Å². The Hall–Kier alpha value is -0.980. The largest absolute Gasteiger partial charge is 0.389 e. The molecule has 1 aliphatic carbocycles. The van der Waals surface area contributed by atoms with E-state index in [1.807, 2.05) is 0 Å². The molecule has 0 spiro atoms. The normalized spacial score (nSPS) is 21.1. The molecule has 1 aliphatic rings. The lowest BCUT2D eigenvalue weighted by atomic mass is 10.1. The molecule has 0 amide bonds. The Morgan fingerprint density at radius 1 is 1.53 bits per heavy atom. The van der Waals surface area contributed by atoms with E-state index in [4.69, 9.17) is 18.0 Å². The molecule has 0 aliphatic heterocycles. The Morgan fingerprint density at radius 2 is 2.16 bits per heavy atom. The van der Waals surface area contributed by atoms with Crippen LogP contribution in [0, 0.1) is 11.3 Å². The minimum Gasteiger partial charge on any atom is -0.389 e. The molecule has 0 bridgehead atoms. The zero-order chi connectivity index (χ0) is 14.3. The second kappa shape index (κ2) is 4.85. The van der Waals surface area contributed by atoms with Crippen molar-refractivity contribution in [1.82, 2.24) is 4.72 Å². The van der Waals surface area contributed by atoms with Gasteiger partial charge in [0.2, 0.25) is 10.0 Å². The molecular formula is C13H18N2O2S2. The van der Waals surface area contributed by atoms with Crippen molar-refractivity contribution in [2.45, 2.75) is 25.2 Å². The van der Waals surface area contributed by atoms with Crippen molar-refractivity contribution in [1.29, 1.82) is 0 Å². The number of nitrogens with two attached hydrogens (primary N) is 1. The molecule has 1 saturated carbocycles. The van der Waals surface area contributed by atoms with Crippen LogP contribution < -0.4 is 10.5 Å². The molecular weight excluding hydrogens is 280 g/mol. The van der Waals surface area contributed by atoms with E-state index in [1.165, 1.54) is 6.07 Å². The molecule has 4 nitrogen and oxygen atoms in total. The Bertz CT molecular complexity index is 609. The van der Waals surface area contributed by atoms with Gasteiger partial charge in [-0.05, 0) is 29.9 Å². The smallest absolute Gasteiger partial charge is 0.240 e. The molecule has 3 N–H and O–H groups in total. The van der Waals surface area contributed by atoms with E-state index >= 15 is 0 Å². The van der Waals surface area contributed by atoms with Gasteiger partial charge < -0.3 is 5.73 Å². The van der Waals surface area contributed by atoms with Gasteiger partial charge in [0.25, 0.3) is 0 Å². The minimum absolute atomic E-state index is 0.195. The SMILES string of the molecule is CC1(C)CC1CNS(=O)(=O)c1cccc(C(N)=S)c1. The quantitative estimate of drug-likeness (QED) is 0.811. The van der Waals surface area contributed by atoms with Crippen LogP contribution in [0.25, 0.3) is 0 Å². The summed E-state index contributed by atoms with van der Waals surface area (Å²) < 4.78 is 27.0. The summed E-state index contributed by atoms with van der Waals surface area (Å²) in [5.74, 6) is 0.418. The summed E-state index contributed by atoms with van der Waals surface area (Å²) in [6.07, 6.45) is 1.06. The van der Waals surface area contributed by atoms with Crippen molar-refractivity contribution >= 4 is 27.2 Å². The Balaban J connectivity index is 2.11. The van der Waals surface area contributed by atoms with E-state index in [9.17, 15) is 8.42 Å². The van der Waals surface area contributed by atoms with Crippen molar-refractivity contribution in [3.8, 4) is 0 Å². The fraction of sp³-hybridized carbons (Fsp3) is 0.462. The van der Waals surface area contributed by atoms with Crippen molar-refractivity contribution in [2.75, 3.05) is 6.54 Å². The van der Waals surface area contributed by atoms with Gasteiger partial charge in [-0.3, -0.25) is 0 Å².